The Morgan fingerprint density at radius 1 is 0.967 bits per heavy atom. The molecule has 3 aromatic rings. The Labute approximate surface area is 183 Å². The van der Waals surface area contributed by atoms with Crippen molar-refractivity contribution in [2.45, 2.75) is 0 Å². The third-order valence-electron chi connectivity index (χ3n) is 3.95. The number of nitrogens with one attached hydrogen (secondary N) is 1. The number of anilines is 1. The molecule has 5 nitrogen and oxygen atoms in total. The molecule has 0 fully saturated rings. The number of benzene rings is 3. The number of amides is 1. The summed E-state index contributed by atoms with van der Waals surface area (Å²) in [6, 6.07) is 21.6. The quantitative estimate of drug-likeness (QED) is 0.238. The van der Waals surface area contributed by atoms with Gasteiger partial charge in [0.1, 0.15) is 17.4 Å². The number of para-hydroxylation sites is 1. The number of rotatable bonds is 5. The fourth-order valence-corrected chi connectivity index (χ4v) is 2.97. The number of ether oxygens (including phenoxy) is 1. The highest BCUT2D eigenvalue weighted by Crippen LogP contribution is 2.23. The molecule has 3 aromatic carbocycles. The van der Waals surface area contributed by atoms with Crippen LogP contribution in [0, 0.1) is 11.3 Å². The lowest BCUT2D eigenvalue weighted by Crippen LogP contribution is -2.13. The number of nitriles is 1. The summed E-state index contributed by atoms with van der Waals surface area (Å²) in [6.45, 7) is 0. The maximum Gasteiger partial charge on any atom is 0.345 e. The van der Waals surface area contributed by atoms with Gasteiger partial charge in [0.15, 0.2) is 0 Å². The smallest absolute Gasteiger partial charge is 0.345 e. The van der Waals surface area contributed by atoms with Crippen LogP contribution in [0.25, 0.3) is 6.08 Å². The van der Waals surface area contributed by atoms with Gasteiger partial charge in [0, 0.05) is 10.7 Å². The van der Waals surface area contributed by atoms with Crippen LogP contribution in [0.1, 0.15) is 15.9 Å². The van der Waals surface area contributed by atoms with E-state index in [2.05, 4.69) is 5.32 Å². The zero-order valence-electron chi connectivity index (χ0n) is 15.4. The van der Waals surface area contributed by atoms with Crippen LogP contribution in [-0.2, 0) is 4.79 Å². The van der Waals surface area contributed by atoms with Crippen molar-refractivity contribution in [3.05, 3.63) is 99.5 Å². The molecule has 0 saturated heterocycles. The zero-order chi connectivity index (χ0) is 21.5. The van der Waals surface area contributed by atoms with Crippen LogP contribution in [-0.4, -0.2) is 11.9 Å². The zero-order valence-corrected chi connectivity index (χ0v) is 16.9. The second-order valence-corrected chi connectivity index (χ2v) is 6.92. The Morgan fingerprint density at radius 2 is 1.67 bits per heavy atom. The van der Waals surface area contributed by atoms with Crippen molar-refractivity contribution >= 4 is 46.8 Å². The van der Waals surface area contributed by atoms with Crippen molar-refractivity contribution in [2.75, 3.05) is 5.32 Å². The molecule has 0 radical (unpaired) electrons. The second-order valence-electron chi connectivity index (χ2n) is 6.07. The first-order valence-corrected chi connectivity index (χ1v) is 9.47. The van der Waals surface area contributed by atoms with E-state index in [1.807, 2.05) is 12.1 Å². The van der Waals surface area contributed by atoms with Crippen LogP contribution >= 0.6 is 23.2 Å². The maximum atomic E-state index is 12.3. The number of nitrogens with zero attached hydrogens (tertiary/aromatic N) is 1. The van der Waals surface area contributed by atoms with Gasteiger partial charge in [0.25, 0.3) is 5.91 Å². The molecule has 0 unspecified atom stereocenters. The van der Waals surface area contributed by atoms with Gasteiger partial charge in [-0.05, 0) is 54.1 Å². The molecule has 1 amide bonds. The number of hydrogen-bond donors (Lipinski definition) is 1. The summed E-state index contributed by atoms with van der Waals surface area (Å²) >= 11 is 11.8. The van der Waals surface area contributed by atoms with Crippen LogP contribution in [0.5, 0.6) is 5.75 Å². The predicted octanol–water partition coefficient (Wildman–Crippen LogP) is 5.76. The van der Waals surface area contributed by atoms with E-state index in [1.54, 1.807) is 54.6 Å². The summed E-state index contributed by atoms with van der Waals surface area (Å²) in [5, 5.41) is 12.6. The van der Waals surface area contributed by atoms with Crippen molar-refractivity contribution < 1.29 is 14.3 Å². The largest absolute Gasteiger partial charge is 0.423 e. The van der Waals surface area contributed by atoms with Crippen molar-refractivity contribution in [1.29, 1.82) is 5.26 Å². The van der Waals surface area contributed by atoms with Gasteiger partial charge in [-0.3, -0.25) is 4.79 Å². The predicted molar refractivity (Wildman–Crippen MR) is 117 cm³/mol. The molecule has 30 heavy (non-hydrogen) atoms. The maximum absolute atomic E-state index is 12.3. The summed E-state index contributed by atoms with van der Waals surface area (Å²) in [5.74, 6) is -0.855. The first-order chi connectivity index (χ1) is 14.5. The molecule has 0 spiro atoms. The lowest BCUT2D eigenvalue weighted by molar-refractivity contribution is -0.112. The van der Waals surface area contributed by atoms with E-state index in [-0.39, 0.29) is 21.9 Å². The first-order valence-electron chi connectivity index (χ1n) is 8.72. The van der Waals surface area contributed by atoms with Crippen LogP contribution in [0.2, 0.25) is 10.0 Å². The van der Waals surface area contributed by atoms with Gasteiger partial charge in [-0.1, -0.05) is 53.5 Å². The summed E-state index contributed by atoms with van der Waals surface area (Å²) in [5.41, 5.74) is 1.32. The Kier molecular flexibility index (Phi) is 6.87. The van der Waals surface area contributed by atoms with E-state index in [9.17, 15) is 14.9 Å². The van der Waals surface area contributed by atoms with Gasteiger partial charge in [-0.2, -0.15) is 5.26 Å². The molecule has 0 aliphatic carbocycles. The number of carbonyl (C=O) groups excluding carboxylic acids is 2. The van der Waals surface area contributed by atoms with E-state index in [4.69, 9.17) is 27.9 Å². The summed E-state index contributed by atoms with van der Waals surface area (Å²) in [7, 11) is 0. The summed E-state index contributed by atoms with van der Waals surface area (Å²) < 4.78 is 5.30. The molecule has 3 rings (SSSR count). The lowest BCUT2D eigenvalue weighted by atomic mass is 10.1. The van der Waals surface area contributed by atoms with Crippen LogP contribution < -0.4 is 10.1 Å². The molecule has 0 aliphatic heterocycles. The van der Waals surface area contributed by atoms with Gasteiger partial charge in [-0.25, -0.2) is 4.79 Å². The van der Waals surface area contributed by atoms with Gasteiger partial charge in [-0.15, -0.1) is 0 Å². The third kappa shape index (κ3) is 5.48. The topological polar surface area (TPSA) is 79.2 Å². The Hall–Kier alpha value is -3.59. The lowest BCUT2D eigenvalue weighted by Gasteiger charge is -2.07. The standard InChI is InChI=1S/C23H14Cl2N2O3/c24-17-8-11-20(21(25)13-17)23(29)30-19-9-6-15(7-10-19)12-16(14-26)22(28)27-18-4-2-1-3-5-18/h1-13H,(H,27,28)/b16-12+. The van der Waals surface area contributed by atoms with E-state index in [0.717, 1.165) is 0 Å². The van der Waals surface area contributed by atoms with E-state index in [0.29, 0.717) is 16.3 Å². The highest BCUT2D eigenvalue weighted by molar-refractivity contribution is 6.36. The molecule has 0 saturated carbocycles. The Bertz CT molecular complexity index is 1150. The highest BCUT2D eigenvalue weighted by Gasteiger charge is 2.14. The molecule has 0 atom stereocenters. The van der Waals surface area contributed by atoms with E-state index >= 15 is 0 Å². The summed E-state index contributed by atoms with van der Waals surface area (Å²) in [6.07, 6.45) is 1.44. The van der Waals surface area contributed by atoms with Gasteiger partial charge in [0.05, 0.1) is 10.6 Å². The monoisotopic (exact) mass is 436 g/mol. The molecule has 0 aromatic heterocycles. The number of esters is 1. The second kappa shape index (κ2) is 9.75. The van der Waals surface area contributed by atoms with Crippen LogP contribution in [0.4, 0.5) is 5.69 Å². The molecule has 0 bridgehead atoms. The summed E-state index contributed by atoms with van der Waals surface area (Å²) in [4.78, 5) is 24.5. The fourth-order valence-electron chi connectivity index (χ4n) is 2.48. The number of carbonyl (C=O) groups is 2. The number of hydrogen-bond acceptors (Lipinski definition) is 4. The van der Waals surface area contributed by atoms with Crippen molar-refractivity contribution in [2.24, 2.45) is 0 Å². The van der Waals surface area contributed by atoms with E-state index in [1.165, 1.54) is 18.2 Å². The minimum atomic E-state index is -0.625. The molecular weight excluding hydrogens is 423 g/mol. The third-order valence-corrected chi connectivity index (χ3v) is 4.50. The normalized spacial score (nSPS) is 10.8. The molecule has 0 heterocycles. The molecule has 148 valence electrons. The minimum absolute atomic E-state index is 0.0588. The van der Waals surface area contributed by atoms with Crippen LogP contribution in [0.15, 0.2) is 78.4 Å². The van der Waals surface area contributed by atoms with Crippen LogP contribution in [0.3, 0.4) is 0 Å². The molecule has 0 aliphatic rings. The molecule has 7 heteroatoms. The fraction of sp³-hybridized carbons (Fsp3) is 0. The Morgan fingerprint density at radius 3 is 2.30 bits per heavy atom. The number of halogens is 2. The van der Waals surface area contributed by atoms with E-state index < -0.39 is 11.9 Å². The molecule has 1 N–H and O–H groups in total. The van der Waals surface area contributed by atoms with Gasteiger partial charge >= 0.3 is 5.97 Å². The minimum Gasteiger partial charge on any atom is -0.423 e. The van der Waals surface area contributed by atoms with Crippen molar-refractivity contribution in [3.63, 3.8) is 0 Å². The van der Waals surface area contributed by atoms with Gasteiger partial charge in [0.2, 0.25) is 0 Å². The van der Waals surface area contributed by atoms with Crippen molar-refractivity contribution in [1.82, 2.24) is 0 Å². The molecular formula is C23H14Cl2N2O3. The average Bonchev–Trinajstić information content (AvgIpc) is 2.73. The SMILES string of the molecule is N#C/C(=C\c1ccc(OC(=O)c2ccc(Cl)cc2Cl)cc1)C(=O)Nc1ccccc1. The average molecular weight is 437 g/mol. The van der Waals surface area contributed by atoms with Gasteiger partial charge < -0.3 is 10.1 Å². The Balaban J connectivity index is 1.70. The highest BCUT2D eigenvalue weighted by atomic mass is 35.5. The van der Waals surface area contributed by atoms with Crippen molar-refractivity contribution in [3.8, 4) is 11.8 Å². The first kappa shape index (κ1) is 21.1.